The highest BCUT2D eigenvalue weighted by atomic mass is 35.5. The Morgan fingerprint density at radius 1 is 1.54 bits per heavy atom. The van der Waals surface area contributed by atoms with Crippen molar-refractivity contribution in [2.75, 3.05) is 0 Å². The highest BCUT2D eigenvalue weighted by molar-refractivity contribution is 7.09. The number of aromatic nitrogens is 4. The Morgan fingerprint density at radius 2 is 2.38 bits per heavy atom. The zero-order chi connectivity index (χ0) is 9.26. The summed E-state index contributed by atoms with van der Waals surface area (Å²) >= 11 is 6.75. The Bertz CT molecular complexity index is 412. The van der Waals surface area contributed by atoms with Gasteiger partial charge in [0.2, 0.25) is 0 Å². The summed E-state index contributed by atoms with van der Waals surface area (Å²) in [5.41, 5.74) is 0.852. The first-order valence-electron chi connectivity index (χ1n) is 3.62. The van der Waals surface area contributed by atoms with Gasteiger partial charge in [-0.2, -0.15) is 4.98 Å². The molecule has 0 saturated carbocycles. The summed E-state index contributed by atoms with van der Waals surface area (Å²) in [5.74, 6) is 0.386. The fourth-order valence-electron chi connectivity index (χ4n) is 0.900. The van der Waals surface area contributed by atoms with Crippen LogP contribution in [0.2, 0.25) is 5.28 Å². The third-order valence-corrected chi connectivity index (χ3v) is 2.40. The minimum atomic E-state index is 0.102. The quantitative estimate of drug-likeness (QED) is 0.766. The van der Waals surface area contributed by atoms with Crippen molar-refractivity contribution in [2.45, 2.75) is 13.3 Å². The summed E-state index contributed by atoms with van der Waals surface area (Å²) in [6.45, 7) is 1.98. The second-order valence-corrected chi connectivity index (χ2v) is 3.36. The van der Waals surface area contributed by atoms with Gasteiger partial charge in [0.15, 0.2) is 0 Å². The van der Waals surface area contributed by atoms with Gasteiger partial charge in [-0.3, -0.25) is 0 Å². The highest BCUT2D eigenvalue weighted by Gasteiger charge is 2.14. The fraction of sp³-hybridized carbons (Fsp3) is 0.333. The zero-order valence-electron chi connectivity index (χ0n) is 6.69. The van der Waals surface area contributed by atoms with Crippen LogP contribution in [0.15, 0.2) is 4.52 Å². The minimum absolute atomic E-state index is 0.102. The van der Waals surface area contributed by atoms with Gasteiger partial charge in [0.1, 0.15) is 4.88 Å². The maximum Gasteiger partial charge on any atom is 0.272 e. The molecule has 0 atom stereocenters. The van der Waals surface area contributed by atoms with E-state index in [-0.39, 0.29) is 5.28 Å². The Labute approximate surface area is 82.9 Å². The first-order chi connectivity index (χ1) is 6.31. The normalized spacial score (nSPS) is 10.6. The largest absolute Gasteiger partial charge is 0.332 e. The van der Waals surface area contributed by atoms with Gasteiger partial charge in [0.05, 0.1) is 5.69 Å². The summed E-state index contributed by atoms with van der Waals surface area (Å²) < 4.78 is 8.69. The topological polar surface area (TPSA) is 64.7 Å². The van der Waals surface area contributed by atoms with Crippen molar-refractivity contribution in [3.8, 4) is 10.8 Å². The van der Waals surface area contributed by atoms with Gasteiger partial charge in [-0.15, -0.1) is 5.10 Å². The van der Waals surface area contributed by atoms with E-state index in [9.17, 15) is 0 Å². The average Bonchev–Trinajstić information content (AvgIpc) is 2.71. The number of halogens is 1. The van der Waals surface area contributed by atoms with Crippen molar-refractivity contribution in [1.82, 2.24) is 19.7 Å². The molecule has 0 fully saturated rings. The third-order valence-electron chi connectivity index (χ3n) is 1.49. The fourth-order valence-corrected chi connectivity index (χ4v) is 1.68. The molecule has 0 aliphatic rings. The Kier molecular flexibility index (Phi) is 2.24. The van der Waals surface area contributed by atoms with Crippen LogP contribution in [-0.4, -0.2) is 19.7 Å². The van der Waals surface area contributed by atoms with Crippen molar-refractivity contribution >= 4 is 23.1 Å². The molecule has 68 valence electrons. The standard InChI is InChI=1S/C6H5ClN4OS/c1-2-3-4(13-11-9-3)5-8-6(7)10-12-5/h2H2,1H3. The Balaban J connectivity index is 2.45. The van der Waals surface area contributed by atoms with Crippen LogP contribution >= 0.6 is 23.1 Å². The van der Waals surface area contributed by atoms with Crippen LogP contribution in [0.3, 0.4) is 0 Å². The van der Waals surface area contributed by atoms with Gasteiger partial charge in [-0.05, 0) is 34.7 Å². The summed E-state index contributed by atoms with van der Waals surface area (Å²) in [5, 5.41) is 7.50. The molecule has 0 radical (unpaired) electrons. The highest BCUT2D eigenvalue weighted by Crippen LogP contribution is 2.25. The smallest absolute Gasteiger partial charge is 0.272 e. The Morgan fingerprint density at radius 3 is 3.00 bits per heavy atom. The van der Waals surface area contributed by atoms with E-state index in [0.29, 0.717) is 5.89 Å². The lowest BCUT2D eigenvalue weighted by atomic mass is 10.3. The molecule has 7 heteroatoms. The lowest BCUT2D eigenvalue weighted by Crippen LogP contribution is -1.83. The molecule has 2 aromatic heterocycles. The van der Waals surface area contributed by atoms with Crippen LogP contribution in [0, 0.1) is 0 Å². The molecule has 0 bridgehead atoms. The monoisotopic (exact) mass is 216 g/mol. The summed E-state index contributed by atoms with van der Waals surface area (Å²) in [7, 11) is 0. The Hall–Kier alpha value is -1.01. The molecule has 0 aliphatic heterocycles. The van der Waals surface area contributed by atoms with Crippen LogP contribution in [-0.2, 0) is 6.42 Å². The number of aryl methyl sites for hydroxylation is 1. The molecule has 5 nitrogen and oxygen atoms in total. The zero-order valence-corrected chi connectivity index (χ0v) is 8.26. The van der Waals surface area contributed by atoms with Crippen molar-refractivity contribution < 1.29 is 4.52 Å². The number of hydrogen-bond acceptors (Lipinski definition) is 6. The number of rotatable bonds is 2. The molecule has 13 heavy (non-hydrogen) atoms. The van der Waals surface area contributed by atoms with E-state index in [1.165, 1.54) is 11.5 Å². The van der Waals surface area contributed by atoms with Gasteiger partial charge in [0, 0.05) is 0 Å². The summed E-state index contributed by atoms with van der Waals surface area (Å²) in [4.78, 5) is 4.67. The molecule has 2 heterocycles. The van der Waals surface area contributed by atoms with Gasteiger partial charge in [-0.25, -0.2) is 0 Å². The molecular formula is C6H5ClN4OS. The average molecular weight is 217 g/mol. The van der Waals surface area contributed by atoms with E-state index in [0.717, 1.165) is 17.0 Å². The van der Waals surface area contributed by atoms with E-state index in [1.807, 2.05) is 6.92 Å². The van der Waals surface area contributed by atoms with E-state index in [4.69, 9.17) is 16.1 Å². The molecule has 2 rings (SSSR count). The molecule has 0 aromatic carbocycles. The third kappa shape index (κ3) is 1.54. The summed E-state index contributed by atoms with van der Waals surface area (Å²) in [6, 6.07) is 0. The second kappa shape index (κ2) is 3.39. The predicted molar refractivity (Wildman–Crippen MR) is 47.6 cm³/mol. The van der Waals surface area contributed by atoms with Crippen LogP contribution < -0.4 is 0 Å². The van der Waals surface area contributed by atoms with Crippen LogP contribution in [0.1, 0.15) is 12.6 Å². The molecular weight excluding hydrogens is 212 g/mol. The molecule has 0 N–H and O–H groups in total. The van der Waals surface area contributed by atoms with Gasteiger partial charge in [-0.1, -0.05) is 11.4 Å². The van der Waals surface area contributed by atoms with Crippen molar-refractivity contribution in [3.05, 3.63) is 11.0 Å². The maximum absolute atomic E-state index is 5.52. The maximum atomic E-state index is 5.52. The van der Waals surface area contributed by atoms with Gasteiger partial charge >= 0.3 is 0 Å². The second-order valence-electron chi connectivity index (χ2n) is 2.27. The first kappa shape index (κ1) is 8.58. The SMILES string of the molecule is CCc1nnsc1-c1nc(Cl)no1. The van der Waals surface area contributed by atoms with Crippen LogP contribution in [0.4, 0.5) is 0 Å². The number of nitrogens with zero attached hydrogens (tertiary/aromatic N) is 4. The van der Waals surface area contributed by atoms with Crippen LogP contribution in [0.5, 0.6) is 0 Å². The number of hydrogen-bond donors (Lipinski definition) is 0. The summed E-state index contributed by atoms with van der Waals surface area (Å²) in [6.07, 6.45) is 0.784. The molecule has 0 amide bonds. The van der Waals surface area contributed by atoms with E-state index in [1.54, 1.807) is 0 Å². The predicted octanol–water partition coefficient (Wildman–Crippen LogP) is 1.80. The van der Waals surface area contributed by atoms with Crippen molar-refractivity contribution in [3.63, 3.8) is 0 Å². The van der Waals surface area contributed by atoms with Crippen molar-refractivity contribution in [1.29, 1.82) is 0 Å². The van der Waals surface area contributed by atoms with E-state index >= 15 is 0 Å². The van der Waals surface area contributed by atoms with Crippen molar-refractivity contribution in [2.24, 2.45) is 0 Å². The molecule has 0 saturated heterocycles. The lowest BCUT2D eigenvalue weighted by Gasteiger charge is -1.88. The first-order valence-corrected chi connectivity index (χ1v) is 4.77. The van der Waals surface area contributed by atoms with E-state index < -0.39 is 0 Å². The van der Waals surface area contributed by atoms with Gasteiger partial charge < -0.3 is 4.52 Å². The molecule has 0 aliphatic carbocycles. The van der Waals surface area contributed by atoms with Gasteiger partial charge in [0.25, 0.3) is 11.2 Å². The minimum Gasteiger partial charge on any atom is -0.332 e. The molecule has 0 spiro atoms. The molecule has 0 unspecified atom stereocenters. The van der Waals surface area contributed by atoms with Crippen LogP contribution in [0.25, 0.3) is 10.8 Å². The van der Waals surface area contributed by atoms with E-state index in [2.05, 4.69) is 19.7 Å². The lowest BCUT2D eigenvalue weighted by molar-refractivity contribution is 0.431. The molecule has 2 aromatic rings.